The molecule has 0 saturated heterocycles. The van der Waals surface area contributed by atoms with Gasteiger partial charge in [-0.25, -0.2) is 0 Å². The molecule has 0 aliphatic carbocycles. The molecule has 2 aromatic rings. The Morgan fingerprint density at radius 2 is 1.76 bits per heavy atom. The third-order valence-electron chi connectivity index (χ3n) is 3.34. The van der Waals surface area contributed by atoms with Crippen molar-refractivity contribution < 1.29 is 9.53 Å². The maximum Gasteiger partial charge on any atom is 0.162 e. The van der Waals surface area contributed by atoms with E-state index in [9.17, 15) is 4.79 Å². The van der Waals surface area contributed by atoms with Crippen molar-refractivity contribution in [2.75, 3.05) is 6.61 Å². The molecule has 2 aromatic carbocycles. The first-order valence-corrected chi connectivity index (χ1v) is 7.54. The van der Waals surface area contributed by atoms with Crippen molar-refractivity contribution >= 4 is 17.4 Å². The third kappa shape index (κ3) is 4.69. The summed E-state index contributed by atoms with van der Waals surface area (Å²) in [7, 11) is 0. The second-order valence-corrected chi connectivity index (χ2v) is 5.26. The summed E-state index contributed by atoms with van der Waals surface area (Å²) >= 11 is 5.91. The van der Waals surface area contributed by atoms with Crippen LogP contribution in [0, 0.1) is 0 Å². The van der Waals surface area contributed by atoms with Gasteiger partial charge in [0.25, 0.3) is 0 Å². The van der Waals surface area contributed by atoms with Crippen molar-refractivity contribution in [3.05, 3.63) is 70.7 Å². The van der Waals surface area contributed by atoms with Crippen molar-refractivity contribution in [2.24, 2.45) is 0 Å². The minimum Gasteiger partial charge on any atom is -0.374 e. The highest BCUT2D eigenvalue weighted by atomic mass is 35.5. The average molecular weight is 303 g/mol. The molecule has 2 rings (SSSR count). The Balaban J connectivity index is 2.00. The van der Waals surface area contributed by atoms with Crippen LogP contribution in [-0.4, -0.2) is 12.4 Å². The Hall–Kier alpha value is -1.64. The molecular formula is C18H19ClO2. The molecule has 0 aliphatic heterocycles. The number of carbonyl (C=O) groups excluding carboxylic acids is 1. The second kappa shape index (κ2) is 7.96. The Morgan fingerprint density at radius 1 is 1.10 bits per heavy atom. The monoisotopic (exact) mass is 302 g/mol. The molecule has 0 aliphatic rings. The largest absolute Gasteiger partial charge is 0.374 e. The number of hydrogen-bond acceptors (Lipinski definition) is 2. The Labute approximate surface area is 130 Å². The fourth-order valence-corrected chi connectivity index (χ4v) is 2.38. The highest BCUT2D eigenvalue weighted by Gasteiger charge is 2.14. The van der Waals surface area contributed by atoms with Gasteiger partial charge < -0.3 is 4.74 Å². The predicted octanol–water partition coefficient (Wildman–Crippen LogP) is 5.08. The van der Waals surface area contributed by atoms with Crippen molar-refractivity contribution in [3.8, 4) is 0 Å². The summed E-state index contributed by atoms with van der Waals surface area (Å²) in [5.41, 5.74) is 1.81. The summed E-state index contributed by atoms with van der Waals surface area (Å²) in [5, 5.41) is 0.703. The Kier molecular flexibility index (Phi) is 5.97. The number of rotatable bonds is 7. The first kappa shape index (κ1) is 15.7. The molecule has 2 nitrogen and oxygen atoms in total. The predicted molar refractivity (Wildman–Crippen MR) is 85.8 cm³/mol. The van der Waals surface area contributed by atoms with Crippen molar-refractivity contribution in [2.45, 2.75) is 25.9 Å². The number of ketones is 1. The standard InChI is InChI=1S/C18H19ClO2/c1-2-21-18(15-8-10-16(19)11-9-15)13-12-17(20)14-6-4-3-5-7-14/h3-11,18H,2,12-13H2,1H3. The average Bonchev–Trinajstić information content (AvgIpc) is 2.53. The molecule has 110 valence electrons. The number of ether oxygens (including phenoxy) is 1. The minimum absolute atomic E-state index is 0.0695. The van der Waals surface area contributed by atoms with E-state index in [0.29, 0.717) is 24.5 Å². The van der Waals surface area contributed by atoms with Gasteiger partial charge in [0.15, 0.2) is 5.78 Å². The fraction of sp³-hybridized carbons (Fsp3) is 0.278. The Morgan fingerprint density at radius 3 is 2.38 bits per heavy atom. The number of benzene rings is 2. The van der Waals surface area contributed by atoms with Crippen LogP contribution in [0.3, 0.4) is 0 Å². The van der Waals surface area contributed by atoms with Crippen LogP contribution in [0.2, 0.25) is 5.02 Å². The summed E-state index contributed by atoms with van der Waals surface area (Å²) in [4.78, 5) is 12.2. The lowest BCUT2D eigenvalue weighted by atomic mass is 10.0. The highest BCUT2D eigenvalue weighted by molar-refractivity contribution is 6.30. The van der Waals surface area contributed by atoms with E-state index in [0.717, 1.165) is 11.1 Å². The van der Waals surface area contributed by atoms with Crippen molar-refractivity contribution in [1.29, 1.82) is 0 Å². The molecule has 0 fully saturated rings. The van der Waals surface area contributed by atoms with Crippen LogP contribution in [0.15, 0.2) is 54.6 Å². The first-order chi connectivity index (χ1) is 10.2. The highest BCUT2D eigenvalue weighted by Crippen LogP contribution is 2.25. The van der Waals surface area contributed by atoms with Crippen LogP contribution < -0.4 is 0 Å². The fourth-order valence-electron chi connectivity index (χ4n) is 2.26. The quantitative estimate of drug-likeness (QED) is 0.667. The van der Waals surface area contributed by atoms with Crippen LogP contribution >= 0.6 is 11.6 Å². The molecule has 0 aromatic heterocycles. The zero-order valence-corrected chi connectivity index (χ0v) is 12.8. The molecule has 3 heteroatoms. The van der Waals surface area contributed by atoms with E-state index in [1.807, 2.05) is 61.5 Å². The van der Waals surface area contributed by atoms with E-state index < -0.39 is 0 Å². The van der Waals surface area contributed by atoms with Gasteiger partial charge in [-0.15, -0.1) is 0 Å². The lowest BCUT2D eigenvalue weighted by molar-refractivity contribution is 0.0527. The number of hydrogen-bond donors (Lipinski definition) is 0. The molecule has 1 unspecified atom stereocenters. The number of halogens is 1. The molecule has 0 spiro atoms. The molecular weight excluding hydrogens is 284 g/mol. The van der Waals surface area contributed by atoms with Gasteiger partial charge in [-0.05, 0) is 31.0 Å². The van der Waals surface area contributed by atoms with Crippen molar-refractivity contribution in [1.82, 2.24) is 0 Å². The van der Waals surface area contributed by atoms with E-state index in [2.05, 4.69) is 0 Å². The molecule has 0 heterocycles. The summed E-state index contributed by atoms with van der Waals surface area (Å²) < 4.78 is 5.76. The zero-order chi connectivity index (χ0) is 15.1. The van der Waals surface area contributed by atoms with Crippen LogP contribution in [-0.2, 0) is 4.74 Å². The van der Waals surface area contributed by atoms with E-state index in [4.69, 9.17) is 16.3 Å². The summed E-state index contributed by atoms with van der Waals surface area (Å²) in [5.74, 6) is 0.147. The summed E-state index contributed by atoms with van der Waals surface area (Å²) in [6.07, 6.45) is 1.07. The van der Waals surface area contributed by atoms with Crippen LogP contribution in [0.25, 0.3) is 0 Å². The van der Waals surface area contributed by atoms with Crippen LogP contribution in [0.5, 0.6) is 0 Å². The van der Waals surface area contributed by atoms with E-state index in [-0.39, 0.29) is 11.9 Å². The molecule has 0 amide bonds. The Bertz CT molecular complexity index is 564. The third-order valence-corrected chi connectivity index (χ3v) is 3.59. The summed E-state index contributed by atoms with van der Waals surface area (Å²) in [6, 6.07) is 17.0. The topological polar surface area (TPSA) is 26.3 Å². The number of carbonyl (C=O) groups is 1. The van der Waals surface area contributed by atoms with Gasteiger partial charge in [0.1, 0.15) is 0 Å². The molecule has 0 radical (unpaired) electrons. The van der Waals surface area contributed by atoms with Crippen molar-refractivity contribution in [3.63, 3.8) is 0 Å². The maximum atomic E-state index is 12.2. The van der Waals surface area contributed by atoms with Gasteiger partial charge in [0, 0.05) is 23.6 Å². The SMILES string of the molecule is CCOC(CCC(=O)c1ccccc1)c1ccc(Cl)cc1. The van der Waals surface area contributed by atoms with Crippen LogP contribution in [0.4, 0.5) is 0 Å². The van der Waals surface area contributed by atoms with Gasteiger partial charge in [-0.3, -0.25) is 4.79 Å². The second-order valence-electron chi connectivity index (χ2n) is 4.82. The molecule has 0 bridgehead atoms. The van der Waals surface area contributed by atoms with Gasteiger partial charge in [-0.2, -0.15) is 0 Å². The van der Waals surface area contributed by atoms with Gasteiger partial charge in [-0.1, -0.05) is 54.1 Å². The molecule has 0 saturated carbocycles. The lowest BCUT2D eigenvalue weighted by Gasteiger charge is -2.17. The van der Waals surface area contributed by atoms with Gasteiger partial charge in [0.05, 0.1) is 6.10 Å². The van der Waals surface area contributed by atoms with Gasteiger partial charge in [0.2, 0.25) is 0 Å². The normalized spacial score (nSPS) is 12.1. The van der Waals surface area contributed by atoms with Gasteiger partial charge >= 0.3 is 0 Å². The number of Topliss-reactive ketones (excluding diaryl/α,β-unsaturated/α-hetero) is 1. The maximum absolute atomic E-state index is 12.2. The zero-order valence-electron chi connectivity index (χ0n) is 12.1. The lowest BCUT2D eigenvalue weighted by Crippen LogP contribution is -2.08. The first-order valence-electron chi connectivity index (χ1n) is 7.16. The minimum atomic E-state index is -0.0695. The smallest absolute Gasteiger partial charge is 0.162 e. The van der Waals surface area contributed by atoms with E-state index >= 15 is 0 Å². The summed E-state index contributed by atoms with van der Waals surface area (Å²) in [6.45, 7) is 2.58. The van der Waals surface area contributed by atoms with Crippen LogP contribution in [0.1, 0.15) is 41.8 Å². The molecule has 21 heavy (non-hydrogen) atoms. The van der Waals surface area contributed by atoms with E-state index in [1.54, 1.807) is 0 Å². The molecule has 0 N–H and O–H groups in total. The van der Waals surface area contributed by atoms with E-state index in [1.165, 1.54) is 0 Å². The molecule has 1 atom stereocenters.